The standard InChI is InChI=1S/C22H31N5O2/c1-4-11-23-21(28)10-9-19-14-25-22(29)20-12-17(15-27(19)20)24-13-16-5-7-18(8-6-16)26(2)3/h1,5-8,17,19-20,24H,9-15H2,2-3H3,(H,23,28)(H,25,29)/t17-,19-,20-/m1/s1. The number of carbonyl (C=O) groups is 2. The molecule has 156 valence electrons. The van der Waals surface area contributed by atoms with Gasteiger partial charge in [0, 0.05) is 57.9 Å². The zero-order valence-corrected chi connectivity index (χ0v) is 17.3. The molecule has 2 aliphatic heterocycles. The van der Waals surface area contributed by atoms with Gasteiger partial charge in [0.05, 0.1) is 12.6 Å². The summed E-state index contributed by atoms with van der Waals surface area (Å²) in [6.45, 7) is 2.45. The van der Waals surface area contributed by atoms with Gasteiger partial charge < -0.3 is 20.9 Å². The van der Waals surface area contributed by atoms with Crippen LogP contribution in [0.1, 0.15) is 24.8 Å². The molecule has 0 unspecified atom stereocenters. The van der Waals surface area contributed by atoms with Gasteiger partial charge in [0.2, 0.25) is 11.8 Å². The summed E-state index contributed by atoms with van der Waals surface area (Å²) in [6.07, 6.45) is 7.10. The predicted octanol–water partition coefficient (Wildman–Crippen LogP) is 0.313. The smallest absolute Gasteiger partial charge is 0.237 e. The van der Waals surface area contributed by atoms with E-state index in [2.05, 4.69) is 55.9 Å². The van der Waals surface area contributed by atoms with E-state index in [9.17, 15) is 9.59 Å². The molecule has 3 N–H and O–H groups in total. The second kappa shape index (κ2) is 9.77. The van der Waals surface area contributed by atoms with E-state index in [1.807, 2.05) is 14.1 Å². The Hall–Kier alpha value is -2.56. The molecular formula is C22H31N5O2. The van der Waals surface area contributed by atoms with Crippen molar-refractivity contribution in [3.8, 4) is 12.3 Å². The van der Waals surface area contributed by atoms with E-state index in [0.29, 0.717) is 19.4 Å². The number of nitrogens with one attached hydrogen (secondary N) is 3. The van der Waals surface area contributed by atoms with Crippen LogP contribution in [0.2, 0.25) is 0 Å². The molecule has 2 heterocycles. The summed E-state index contributed by atoms with van der Waals surface area (Å²) < 4.78 is 0. The molecule has 7 nitrogen and oxygen atoms in total. The van der Waals surface area contributed by atoms with Gasteiger partial charge in [-0.15, -0.1) is 6.42 Å². The maximum absolute atomic E-state index is 12.3. The Morgan fingerprint density at radius 2 is 2.10 bits per heavy atom. The van der Waals surface area contributed by atoms with Crippen LogP contribution in [-0.4, -0.2) is 68.6 Å². The first-order chi connectivity index (χ1) is 14.0. The molecule has 1 aromatic rings. The number of benzene rings is 1. The van der Waals surface area contributed by atoms with E-state index in [4.69, 9.17) is 6.42 Å². The summed E-state index contributed by atoms with van der Waals surface area (Å²) in [5, 5.41) is 9.31. The lowest BCUT2D eigenvalue weighted by Gasteiger charge is -2.37. The highest BCUT2D eigenvalue weighted by Crippen LogP contribution is 2.26. The van der Waals surface area contributed by atoms with Crippen LogP contribution in [0.4, 0.5) is 5.69 Å². The number of hydrogen-bond acceptors (Lipinski definition) is 5. The van der Waals surface area contributed by atoms with Crippen molar-refractivity contribution in [3.63, 3.8) is 0 Å². The monoisotopic (exact) mass is 397 g/mol. The van der Waals surface area contributed by atoms with Crippen molar-refractivity contribution in [3.05, 3.63) is 29.8 Å². The largest absolute Gasteiger partial charge is 0.378 e. The van der Waals surface area contributed by atoms with Crippen LogP contribution < -0.4 is 20.9 Å². The molecule has 0 aromatic heterocycles. The molecule has 2 aliphatic rings. The quantitative estimate of drug-likeness (QED) is 0.551. The fourth-order valence-corrected chi connectivity index (χ4v) is 4.10. The average molecular weight is 398 g/mol. The van der Waals surface area contributed by atoms with Gasteiger partial charge in [-0.1, -0.05) is 18.1 Å². The number of carbonyl (C=O) groups excluding carboxylic acids is 2. The topological polar surface area (TPSA) is 76.7 Å². The third-order valence-corrected chi connectivity index (χ3v) is 5.76. The van der Waals surface area contributed by atoms with E-state index in [0.717, 1.165) is 19.5 Å². The Kier molecular flexibility index (Phi) is 7.13. The molecule has 2 fully saturated rings. The molecule has 0 bridgehead atoms. The maximum atomic E-state index is 12.3. The Morgan fingerprint density at radius 3 is 2.79 bits per heavy atom. The van der Waals surface area contributed by atoms with Crippen molar-refractivity contribution < 1.29 is 9.59 Å². The fraction of sp³-hybridized carbons (Fsp3) is 0.545. The number of nitrogens with zero attached hydrogens (tertiary/aromatic N) is 2. The first-order valence-electron chi connectivity index (χ1n) is 10.2. The molecule has 7 heteroatoms. The van der Waals surface area contributed by atoms with Crippen molar-refractivity contribution in [1.82, 2.24) is 20.9 Å². The number of rotatable bonds is 8. The summed E-state index contributed by atoms with van der Waals surface area (Å²) in [4.78, 5) is 28.5. The number of anilines is 1. The molecular weight excluding hydrogens is 366 g/mol. The summed E-state index contributed by atoms with van der Waals surface area (Å²) >= 11 is 0. The van der Waals surface area contributed by atoms with Gasteiger partial charge in [0.1, 0.15) is 0 Å². The van der Waals surface area contributed by atoms with Crippen molar-refractivity contribution in [2.75, 3.05) is 38.6 Å². The number of piperazine rings is 1. The minimum Gasteiger partial charge on any atom is -0.378 e. The summed E-state index contributed by atoms with van der Waals surface area (Å²) in [6, 6.07) is 8.82. The minimum atomic E-state index is -0.115. The number of amides is 2. The van der Waals surface area contributed by atoms with E-state index >= 15 is 0 Å². The lowest BCUT2D eigenvalue weighted by atomic mass is 10.0. The van der Waals surface area contributed by atoms with Gasteiger partial charge in [-0.25, -0.2) is 0 Å². The Labute approximate surface area is 173 Å². The first kappa shape index (κ1) is 21.2. The van der Waals surface area contributed by atoms with Crippen molar-refractivity contribution in [2.24, 2.45) is 0 Å². The zero-order chi connectivity index (χ0) is 20.8. The van der Waals surface area contributed by atoms with Gasteiger partial charge in [0.15, 0.2) is 0 Å². The first-order valence-corrected chi connectivity index (χ1v) is 10.2. The average Bonchev–Trinajstić information content (AvgIpc) is 3.16. The molecule has 0 saturated carbocycles. The normalized spacial score (nSPS) is 23.8. The number of fused-ring (bicyclic) bond motifs is 1. The van der Waals surface area contributed by atoms with Crippen molar-refractivity contribution >= 4 is 17.5 Å². The zero-order valence-electron chi connectivity index (χ0n) is 17.3. The molecule has 3 atom stereocenters. The highest BCUT2D eigenvalue weighted by molar-refractivity contribution is 5.83. The molecule has 2 saturated heterocycles. The van der Waals surface area contributed by atoms with E-state index in [-0.39, 0.29) is 36.5 Å². The highest BCUT2D eigenvalue weighted by atomic mass is 16.2. The molecule has 0 radical (unpaired) electrons. The van der Waals surface area contributed by atoms with Crippen LogP contribution in [0.25, 0.3) is 0 Å². The molecule has 3 rings (SSSR count). The minimum absolute atomic E-state index is 0.0357. The second-order valence-electron chi connectivity index (χ2n) is 8.01. The Balaban J connectivity index is 1.51. The van der Waals surface area contributed by atoms with Gasteiger partial charge in [-0.05, 0) is 30.5 Å². The summed E-state index contributed by atoms with van der Waals surface area (Å²) in [5.74, 6) is 2.47. The van der Waals surface area contributed by atoms with Gasteiger partial charge in [-0.3, -0.25) is 14.5 Å². The van der Waals surface area contributed by atoms with Crippen LogP contribution in [0.5, 0.6) is 0 Å². The van der Waals surface area contributed by atoms with Gasteiger partial charge >= 0.3 is 0 Å². The van der Waals surface area contributed by atoms with Crippen LogP contribution in [0.15, 0.2) is 24.3 Å². The SMILES string of the molecule is C#CCNC(=O)CC[C@@H]1CNC(=O)[C@H]2C[C@@H](NCc3ccc(N(C)C)cc3)CN12. The second-order valence-corrected chi connectivity index (χ2v) is 8.01. The van der Waals surface area contributed by atoms with E-state index < -0.39 is 0 Å². The predicted molar refractivity (Wildman–Crippen MR) is 114 cm³/mol. The van der Waals surface area contributed by atoms with E-state index in [1.54, 1.807) is 0 Å². The van der Waals surface area contributed by atoms with E-state index in [1.165, 1.54) is 11.3 Å². The number of hydrogen-bond donors (Lipinski definition) is 3. The third-order valence-electron chi connectivity index (χ3n) is 5.76. The fourth-order valence-electron chi connectivity index (χ4n) is 4.10. The molecule has 1 aromatic carbocycles. The van der Waals surface area contributed by atoms with Gasteiger partial charge in [0.25, 0.3) is 0 Å². The van der Waals surface area contributed by atoms with Crippen LogP contribution in [0.3, 0.4) is 0 Å². The van der Waals surface area contributed by atoms with Crippen molar-refractivity contribution in [2.45, 2.75) is 43.9 Å². The third kappa shape index (κ3) is 5.49. The molecule has 0 aliphatic carbocycles. The molecule has 0 spiro atoms. The molecule has 2 amide bonds. The van der Waals surface area contributed by atoms with Crippen molar-refractivity contribution in [1.29, 1.82) is 0 Å². The Morgan fingerprint density at radius 1 is 1.34 bits per heavy atom. The van der Waals surface area contributed by atoms with Crippen LogP contribution in [-0.2, 0) is 16.1 Å². The lowest BCUT2D eigenvalue weighted by Crippen LogP contribution is -2.58. The molecule has 29 heavy (non-hydrogen) atoms. The summed E-state index contributed by atoms with van der Waals surface area (Å²) in [7, 11) is 4.06. The number of terminal acetylenes is 1. The van der Waals surface area contributed by atoms with Crippen LogP contribution >= 0.6 is 0 Å². The summed E-state index contributed by atoms with van der Waals surface area (Å²) in [5.41, 5.74) is 2.41. The van der Waals surface area contributed by atoms with Gasteiger partial charge in [-0.2, -0.15) is 0 Å². The Bertz CT molecular complexity index is 755. The van der Waals surface area contributed by atoms with Crippen LogP contribution in [0, 0.1) is 12.3 Å². The lowest BCUT2D eigenvalue weighted by molar-refractivity contribution is -0.129. The highest BCUT2D eigenvalue weighted by Gasteiger charge is 2.43. The maximum Gasteiger partial charge on any atom is 0.237 e.